The van der Waals surface area contributed by atoms with Crippen molar-refractivity contribution in [3.63, 3.8) is 0 Å². The molecule has 0 aliphatic rings. The van der Waals surface area contributed by atoms with Gasteiger partial charge < -0.3 is 4.74 Å². The van der Waals surface area contributed by atoms with Gasteiger partial charge in [0.1, 0.15) is 5.82 Å². The smallest absolute Gasteiger partial charge is 0.314 e. The van der Waals surface area contributed by atoms with Crippen molar-refractivity contribution in [2.75, 3.05) is 12.9 Å². The second kappa shape index (κ2) is 9.26. The number of nitrogens with zero attached hydrogens (tertiary/aromatic N) is 2. The highest BCUT2D eigenvalue weighted by atomic mass is 32.2. The van der Waals surface area contributed by atoms with E-state index in [9.17, 15) is 17.6 Å². The third-order valence-corrected chi connectivity index (χ3v) is 5.63. The van der Waals surface area contributed by atoms with Gasteiger partial charge >= 0.3 is 5.56 Å². The minimum atomic E-state index is -3.35. The molecule has 162 valence electrons. The molecule has 6 nitrogen and oxygen atoms in total. The summed E-state index contributed by atoms with van der Waals surface area (Å²) in [6, 6.07) is 11.7. The number of ether oxygens (including phenoxy) is 1. The Balaban J connectivity index is 2.08. The monoisotopic (exact) mass is 442 g/mol. The van der Waals surface area contributed by atoms with E-state index in [0.29, 0.717) is 17.5 Å². The van der Waals surface area contributed by atoms with E-state index in [0.717, 1.165) is 16.5 Å². The minimum Gasteiger partial charge on any atom is -0.487 e. The molecule has 0 atom stereocenters. The van der Waals surface area contributed by atoms with E-state index in [4.69, 9.17) is 4.74 Å². The van der Waals surface area contributed by atoms with Gasteiger partial charge in [-0.3, -0.25) is 4.79 Å². The van der Waals surface area contributed by atoms with Crippen molar-refractivity contribution in [1.82, 2.24) is 9.78 Å². The molecule has 8 heteroatoms. The van der Waals surface area contributed by atoms with Crippen LogP contribution < -0.4 is 10.3 Å². The Morgan fingerprint density at radius 2 is 1.87 bits per heavy atom. The van der Waals surface area contributed by atoms with Crippen molar-refractivity contribution in [2.24, 2.45) is 0 Å². The zero-order valence-electron chi connectivity index (χ0n) is 17.5. The molecule has 0 saturated heterocycles. The van der Waals surface area contributed by atoms with E-state index >= 15 is 0 Å². The number of benzene rings is 2. The third-order valence-electron chi connectivity index (χ3n) is 4.50. The Morgan fingerprint density at radius 1 is 1.16 bits per heavy atom. The Hall–Kier alpha value is -3.26. The van der Waals surface area contributed by atoms with Gasteiger partial charge in [0.15, 0.2) is 15.6 Å². The van der Waals surface area contributed by atoms with Gasteiger partial charge in [-0.2, -0.15) is 9.78 Å². The molecule has 0 amide bonds. The van der Waals surface area contributed by atoms with E-state index < -0.39 is 21.2 Å². The van der Waals surface area contributed by atoms with E-state index in [1.807, 2.05) is 19.9 Å². The number of halogens is 1. The molecule has 0 unspecified atom stereocenters. The van der Waals surface area contributed by atoms with Crippen molar-refractivity contribution in [1.29, 1.82) is 0 Å². The van der Waals surface area contributed by atoms with Crippen LogP contribution in [0.1, 0.15) is 20.3 Å². The first-order valence-electron chi connectivity index (χ1n) is 9.62. The van der Waals surface area contributed by atoms with E-state index in [1.54, 1.807) is 18.2 Å². The Labute approximate surface area is 180 Å². The molecule has 0 N–H and O–H groups in total. The average Bonchev–Trinajstić information content (AvgIpc) is 2.71. The molecule has 0 saturated carbocycles. The number of hydrogen-bond acceptors (Lipinski definition) is 5. The van der Waals surface area contributed by atoms with Gasteiger partial charge in [-0.1, -0.05) is 29.8 Å². The lowest BCUT2D eigenvalue weighted by atomic mass is 10.1. The highest BCUT2D eigenvalue weighted by molar-refractivity contribution is 7.90. The van der Waals surface area contributed by atoms with Gasteiger partial charge in [0.05, 0.1) is 23.4 Å². The van der Waals surface area contributed by atoms with Gasteiger partial charge in [0.2, 0.25) is 0 Å². The van der Waals surface area contributed by atoms with Crippen molar-refractivity contribution in [2.45, 2.75) is 25.2 Å². The zero-order valence-corrected chi connectivity index (χ0v) is 18.3. The van der Waals surface area contributed by atoms with Crippen LogP contribution in [-0.2, 0) is 9.84 Å². The molecule has 0 radical (unpaired) electrons. The maximum absolute atomic E-state index is 13.7. The van der Waals surface area contributed by atoms with E-state index in [-0.39, 0.29) is 22.9 Å². The Morgan fingerprint density at radius 3 is 2.48 bits per heavy atom. The fourth-order valence-electron chi connectivity index (χ4n) is 2.97. The molecule has 31 heavy (non-hydrogen) atoms. The SMILES string of the molecule is CC(C)=CCCOc1c(-c2ccc(S(C)(=O)=O)cc2)cnn(-c2cccc(F)c2)c1=O. The summed E-state index contributed by atoms with van der Waals surface area (Å²) in [4.78, 5) is 13.3. The molecule has 0 aliphatic heterocycles. The van der Waals surface area contributed by atoms with Gasteiger partial charge in [-0.05, 0) is 56.2 Å². The molecule has 0 fully saturated rings. The van der Waals surface area contributed by atoms with E-state index in [1.165, 1.54) is 36.5 Å². The van der Waals surface area contributed by atoms with Gasteiger partial charge in [-0.15, -0.1) is 0 Å². The highest BCUT2D eigenvalue weighted by Gasteiger charge is 2.17. The van der Waals surface area contributed by atoms with Gasteiger partial charge in [0, 0.05) is 11.8 Å². The summed E-state index contributed by atoms with van der Waals surface area (Å²) in [6.45, 7) is 4.21. The normalized spacial score (nSPS) is 11.2. The van der Waals surface area contributed by atoms with Crippen LogP contribution in [0.15, 0.2) is 76.1 Å². The lowest BCUT2D eigenvalue weighted by Crippen LogP contribution is -2.24. The lowest BCUT2D eigenvalue weighted by molar-refractivity contribution is 0.318. The van der Waals surface area contributed by atoms with Crippen LogP contribution in [0, 0.1) is 5.82 Å². The van der Waals surface area contributed by atoms with Crippen LogP contribution >= 0.6 is 0 Å². The summed E-state index contributed by atoms with van der Waals surface area (Å²) in [5.41, 5.74) is 1.88. The van der Waals surface area contributed by atoms with Crippen molar-refractivity contribution < 1.29 is 17.5 Å². The quantitative estimate of drug-likeness (QED) is 0.405. The van der Waals surface area contributed by atoms with Crippen molar-refractivity contribution >= 4 is 9.84 Å². The maximum Gasteiger partial charge on any atom is 0.314 e. The van der Waals surface area contributed by atoms with Gasteiger partial charge in [0.25, 0.3) is 0 Å². The number of aromatic nitrogens is 2. The van der Waals surface area contributed by atoms with Crippen molar-refractivity contribution in [3.8, 4) is 22.6 Å². The molecular formula is C23H23FN2O4S. The Kier molecular flexibility index (Phi) is 6.70. The molecular weight excluding hydrogens is 419 g/mol. The van der Waals surface area contributed by atoms with Crippen LogP contribution in [0.25, 0.3) is 16.8 Å². The summed E-state index contributed by atoms with van der Waals surface area (Å²) in [5.74, 6) is -0.425. The summed E-state index contributed by atoms with van der Waals surface area (Å²) in [6.07, 6.45) is 5.18. The summed E-state index contributed by atoms with van der Waals surface area (Å²) in [7, 11) is -3.35. The third kappa shape index (κ3) is 5.46. The number of allylic oxidation sites excluding steroid dienone is 1. The van der Waals surface area contributed by atoms with Crippen LogP contribution in [-0.4, -0.2) is 31.1 Å². The molecule has 3 rings (SSSR count). The van der Waals surface area contributed by atoms with Crippen LogP contribution in [0.5, 0.6) is 5.75 Å². The standard InChI is InChI=1S/C23H23FN2O4S/c1-16(2)6-5-13-30-22-21(17-9-11-20(12-10-17)31(3,28)29)15-25-26(23(22)27)19-8-4-7-18(24)14-19/h4,6-12,14-15H,5,13H2,1-3H3. The van der Waals surface area contributed by atoms with Crippen LogP contribution in [0.3, 0.4) is 0 Å². The Bertz CT molecular complexity index is 1280. The first-order valence-corrected chi connectivity index (χ1v) is 11.5. The van der Waals surface area contributed by atoms with E-state index in [2.05, 4.69) is 5.10 Å². The second-order valence-corrected chi connectivity index (χ2v) is 9.32. The summed E-state index contributed by atoms with van der Waals surface area (Å²) < 4.78 is 44.0. The molecule has 1 aromatic heterocycles. The largest absolute Gasteiger partial charge is 0.487 e. The highest BCUT2D eigenvalue weighted by Crippen LogP contribution is 2.28. The summed E-state index contributed by atoms with van der Waals surface area (Å²) in [5, 5.41) is 4.18. The molecule has 1 heterocycles. The molecule has 0 aliphatic carbocycles. The zero-order chi connectivity index (χ0) is 22.6. The topological polar surface area (TPSA) is 78.3 Å². The molecule has 0 bridgehead atoms. The first-order chi connectivity index (χ1) is 14.7. The maximum atomic E-state index is 13.7. The first kappa shape index (κ1) is 22.4. The average molecular weight is 443 g/mol. The molecule has 0 spiro atoms. The van der Waals surface area contributed by atoms with Crippen LogP contribution in [0.2, 0.25) is 0 Å². The number of sulfone groups is 1. The predicted molar refractivity (Wildman–Crippen MR) is 118 cm³/mol. The molecule has 3 aromatic rings. The van der Waals surface area contributed by atoms with Crippen LogP contribution in [0.4, 0.5) is 4.39 Å². The number of rotatable bonds is 7. The lowest BCUT2D eigenvalue weighted by Gasteiger charge is -2.13. The summed E-state index contributed by atoms with van der Waals surface area (Å²) >= 11 is 0. The number of hydrogen-bond donors (Lipinski definition) is 0. The van der Waals surface area contributed by atoms with Crippen molar-refractivity contribution in [3.05, 3.63) is 82.5 Å². The van der Waals surface area contributed by atoms with Gasteiger partial charge in [-0.25, -0.2) is 12.8 Å². The second-order valence-electron chi connectivity index (χ2n) is 7.30. The predicted octanol–water partition coefficient (Wildman–Crippen LogP) is 4.18. The molecule has 2 aromatic carbocycles. The fourth-order valence-corrected chi connectivity index (χ4v) is 3.60. The fraction of sp³-hybridized carbons (Fsp3) is 0.217. The minimum absolute atomic E-state index is 0.0634.